The van der Waals surface area contributed by atoms with Crippen molar-refractivity contribution in [3.05, 3.63) is 11.5 Å². The molecule has 0 spiro atoms. The molecule has 0 radical (unpaired) electrons. The Morgan fingerprint density at radius 1 is 1.27 bits per heavy atom. The van der Waals surface area contributed by atoms with Gasteiger partial charge in [-0.1, -0.05) is 6.08 Å². The SMILES string of the molecule is O=S1(=O)C=CCC1.OCCO. The molecule has 0 saturated carbocycles. The number of sulfone groups is 1. The number of rotatable bonds is 1. The highest BCUT2D eigenvalue weighted by atomic mass is 32.2. The van der Waals surface area contributed by atoms with Gasteiger partial charge in [0.25, 0.3) is 0 Å². The highest BCUT2D eigenvalue weighted by molar-refractivity contribution is 7.94. The number of hydrogen-bond acceptors (Lipinski definition) is 4. The highest BCUT2D eigenvalue weighted by Crippen LogP contribution is 2.04. The molecule has 1 heterocycles. The number of aliphatic hydroxyl groups excluding tert-OH is 2. The Kier molecular flexibility index (Phi) is 5.10. The van der Waals surface area contributed by atoms with Crippen molar-refractivity contribution in [3.63, 3.8) is 0 Å². The molecule has 0 amide bonds. The summed E-state index contributed by atoms with van der Waals surface area (Å²) in [5, 5.41) is 16.5. The van der Waals surface area contributed by atoms with Crippen LogP contribution in [-0.4, -0.2) is 37.6 Å². The van der Waals surface area contributed by atoms with E-state index >= 15 is 0 Å². The van der Waals surface area contributed by atoms with Gasteiger partial charge in [0, 0.05) is 5.41 Å². The van der Waals surface area contributed by atoms with Crippen molar-refractivity contribution in [3.8, 4) is 0 Å². The zero-order valence-electron chi connectivity index (χ0n) is 6.10. The quantitative estimate of drug-likeness (QED) is 0.559. The molecule has 5 heteroatoms. The molecule has 0 aromatic carbocycles. The molecule has 66 valence electrons. The molecule has 0 aliphatic carbocycles. The molecule has 4 nitrogen and oxygen atoms in total. The first kappa shape index (κ1) is 10.6. The van der Waals surface area contributed by atoms with Crippen molar-refractivity contribution < 1.29 is 18.6 Å². The zero-order valence-corrected chi connectivity index (χ0v) is 6.92. The first-order valence-corrected chi connectivity index (χ1v) is 4.95. The van der Waals surface area contributed by atoms with Gasteiger partial charge in [0.2, 0.25) is 0 Å². The lowest BCUT2D eigenvalue weighted by Crippen LogP contribution is -1.92. The van der Waals surface area contributed by atoms with Crippen molar-refractivity contribution in [2.45, 2.75) is 6.42 Å². The Morgan fingerprint density at radius 3 is 1.91 bits per heavy atom. The molecule has 1 aliphatic heterocycles. The largest absolute Gasteiger partial charge is 0.394 e. The Balaban J connectivity index is 0.000000218. The fourth-order valence-corrected chi connectivity index (χ4v) is 1.54. The number of allylic oxidation sites excluding steroid dienone is 1. The molecule has 0 aromatic rings. The Hall–Kier alpha value is -0.390. The summed E-state index contributed by atoms with van der Waals surface area (Å²) in [7, 11) is -2.73. The lowest BCUT2D eigenvalue weighted by Gasteiger charge is -1.79. The minimum Gasteiger partial charge on any atom is -0.394 e. The van der Waals surface area contributed by atoms with Crippen LogP contribution in [0.5, 0.6) is 0 Å². The highest BCUT2D eigenvalue weighted by Gasteiger charge is 2.08. The van der Waals surface area contributed by atoms with Crippen LogP contribution in [0.15, 0.2) is 11.5 Å². The van der Waals surface area contributed by atoms with Crippen LogP contribution in [0.3, 0.4) is 0 Å². The van der Waals surface area contributed by atoms with E-state index in [4.69, 9.17) is 10.2 Å². The third kappa shape index (κ3) is 6.03. The number of hydrogen-bond donors (Lipinski definition) is 2. The smallest absolute Gasteiger partial charge is 0.171 e. The van der Waals surface area contributed by atoms with E-state index in [-0.39, 0.29) is 13.2 Å². The van der Waals surface area contributed by atoms with Gasteiger partial charge >= 0.3 is 0 Å². The van der Waals surface area contributed by atoms with Gasteiger partial charge in [0.05, 0.1) is 19.0 Å². The summed E-state index contributed by atoms with van der Waals surface area (Å²) >= 11 is 0. The van der Waals surface area contributed by atoms with Crippen LogP contribution in [-0.2, 0) is 9.84 Å². The van der Waals surface area contributed by atoms with Crippen molar-refractivity contribution in [2.75, 3.05) is 19.0 Å². The molecule has 2 N–H and O–H groups in total. The second kappa shape index (κ2) is 5.29. The third-order valence-electron chi connectivity index (χ3n) is 0.973. The van der Waals surface area contributed by atoms with Gasteiger partial charge in [0.15, 0.2) is 9.84 Å². The van der Waals surface area contributed by atoms with E-state index in [1.54, 1.807) is 6.08 Å². The number of aliphatic hydroxyl groups is 2. The van der Waals surface area contributed by atoms with Gasteiger partial charge in [-0.3, -0.25) is 0 Å². The zero-order chi connectivity index (χ0) is 8.74. The molecule has 0 bridgehead atoms. The summed E-state index contributed by atoms with van der Waals surface area (Å²) in [5.74, 6) is 0.312. The summed E-state index contributed by atoms with van der Waals surface area (Å²) in [4.78, 5) is 0. The second-order valence-electron chi connectivity index (χ2n) is 1.97. The minimum atomic E-state index is -2.73. The molecule has 0 aromatic heterocycles. The van der Waals surface area contributed by atoms with E-state index in [1.807, 2.05) is 0 Å². The summed E-state index contributed by atoms with van der Waals surface area (Å²) in [6.45, 7) is -0.250. The molecule has 0 saturated heterocycles. The van der Waals surface area contributed by atoms with E-state index in [2.05, 4.69) is 0 Å². The van der Waals surface area contributed by atoms with Crippen LogP contribution in [0, 0.1) is 0 Å². The van der Waals surface area contributed by atoms with Crippen LogP contribution in [0.4, 0.5) is 0 Å². The predicted octanol–water partition coefficient (Wildman–Crippen LogP) is -0.710. The van der Waals surface area contributed by atoms with Gasteiger partial charge in [-0.05, 0) is 6.42 Å². The molecule has 1 aliphatic rings. The summed E-state index contributed by atoms with van der Waals surface area (Å²) < 4.78 is 20.7. The average molecular weight is 180 g/mol. The van der Waals surface area contributed by atoms with Crippen LogP contribution >= 0.6 is 0 Å². The Morgan fingerprint density at radius 2 is 1.82 bits per heavy atom. The third-order valence-corrected chi connectivity index (χ3v) is 2.38. The molecular weight excluding hydrogens is 168 g/mol. The maximum atomic E-state index is 10.3. The molecule has 0 atom stereocenters. The minimum absolute atomic E-state index is 0.125. The predicted molar refractivity (Wildman–Crippen MR) is 41.7 cm³/mol. The van der Waals surface area contributed by atoms with E-state index in [1.165, 1.54) is 5.41 Å². The van der Waals surface area contributed by atoms with E-state index in [0.29, 0.717) is 12.2 Å². The second-order valence-corrected chi connectivity index (χ2v) is 3.98. The Labute approximate surface area is 66.1 Å². The van der Waals surface area contributed by atoms with E-state index < -0.39 is 9.84 Å². The summed E-state index contributed by atoms with van der Waals surface area (Å²) in [6.07, 6.45) is 2.37. The topological polar surface area (TPSA) is 74.6 Å². The van der Waals surface area contributed by atoms with Gasteiger partial charge in [-0.15, -0.1) is 0 Å². The normalized spacial score (nSPS) is 19.1. The molecular formula is C6H12O4S. The lowest BCUT2D eigenvalue weighted by atomic mass is 10.5. The fraction of sp³-hybridized carbons (Fsp3) is 0.667. The molecule has 11 heavy (non-hydrogen) atoms. The molecule has 0 fully saturated rings. The maximum absolute atomic E-state index is 10.3. The maximum Gasteiger partial charge on any atom is 0.171 e. The van der Waals surface area contributed by atoms with Crippen LogP contribution in [0.2, 0.25) is 0 Å². The molecule has 1 rings (SSSR count). The van der Waals surface area contributed by atoms with Crippen LogP contribution in [0.25, 0.3) is 0 Å². The van der Waals surface area contributed by atoms with Gasteiger partial charge in [-0.25, -0.2) is 8.42 Å². The van der Waals surface area contributed by atoms with Crippen molar-refractivity contribution in [1.82, 2.24) is 0 Å². The van der Waals surface area contributed by atoms with Gasteiger partial charge < -0.3 is 10.2 Å². The average Bonchev–Trinajstić information content (AvgIpc) is 2.35. The standard InChI is InChI=1S/C4H6O2S.C2H6O2/c5-7(6)3-1-2-4-7;3-1-2-4/h1,3H,2,4H2;3-4H,1-2H2. The van der Waals surface area contributed by atoms with Crippen LogP contribution in [0.1, 0.15) is 6.42 Å². The van der Waals surface area contributed by atoms with Crippen molar-refractivity contribution >= 4 is 9.84 Å². The lowest BCUT2D eigenvalue weighted by molar-refractivity contribution is 0.186. The van der Waals surface area contributed by atoms with E-state index in [9.17, 15) is 8.42 Å². The van der Waals surface area contributed by atoms with Crippen LogP contribution < -0.4 is 0 Å². The Bertz CT molecular complexity index is 203. The molecule has 0 unspecified atom stereocenters. The summed E-state index contributed by atoms with van der Waals surface area (Å²) in [6, 6.07) is 0. The first-order valence-electron chi connectivity index (χ1n) is 3.23. The fourth-order valence-electron chi connectivity index (χ4n) is 0.515. The monoisotopic (exact) mass is 180 g/mol. The van der Waals surface area contributed by atoms with Crippen molar-refractivity contribution in [2.24, 2.45) is 0 Å². The van der Waals surface area contributed by atoms with E-state index in [0.717, 1.165) is 0 Å². The van der Waals surface area contributed by atoms with Gasteiger partial charge in [0.1, 0.15) is 0 Å². The van der Waals surface area contributed by atoms with Crippen molar-refractivity contribution in [1.29, 1.82) is 0 Å². The first-order chi connectivity index (χ1) is 5.12. The van der Waals surface area contributed by atoms with Gasteiger partial charge in [-0.2, -0.15) is 0 Å². The summed E-state index contributed by atoms with van der Waals surface area (Å²) in [5.41, 5.74) is 0.